The molecule has 0 unspecified atom stereocenters. The van der Waals surface area contributed by atoms with Crippen LogP contribution in [0.4, 0.5) is 5.69 Å². The van der Waals surface area contributed by atoms with Crippen LogP contribution in [0.25, 0.3) is 0 Å². The Bertz CT molecular complexity index is 1040. The number of carbonyl (C=O) groups excluding carboxylic acids is 2. The first kappa shape index (κ1) is 17.2. The number of aryl methyl sites for hydroxylation is 1. The first-order valence-corrected chi connectivity index (χ1v) is 9.18. The van der Waals surface area contributed by atoms with Crippen molar-refractivity contribution in [2.24, 2.45) is 0 Å². The molecule has 3 aromatic rings. The predicted octanol–water partition coefficient (Wildman–Crippen LogP) is 3.43. The van der Waals surface area contributed by atoms with Crippen LogP contribution in [-0.2, 0) is 6.54 Å². The van der Waals surface area contributed by atoms with E-state index in [2.05, 4.69) is 20.6 Å². The molecule has 0 radical (unpaired) electrons. The standard InChI is InChI=1S/C20H16N4O2S/c1-12-6-18-16(24-20(26)14-4-2-3-5-17(14)27-18)7-15(12)19(25)23-10-13-8-21-11-22-9-13/h2-9,11H,10H2,1H3,(H,23,25)(H,24,26). The number of aromatic nitrogens is 2. The van der Waals surface area contributed by atoms with Gasteiger partial charge in [-0.2, -0.15) is 0 Å². The number of nitrogens with zero attached hydrogens (tertiary/aromatic N) is 2. The van der Waals surface area contributed by atoms with E-state index in [1.54, 1.807) is 24.5 Å². The number of hydrogen-bond acceptors (Lipinski definition) is 5. The van der Waals surface area contributed by atoms with Gasteiger partial charge in [0.1, 0.15) is 6.33 Å². The van der Waals surface area contributed by atoms with Crippen molar-refractivity contribution in [3.63, 3.8) is 0 Å². The summed E-state index contributed by atoms with van der Waals surface area (Å²) in [5.74, 6) is -0.381. The molecule has 4 rings (SSSR count). The molecule has 1 aliphatic heterocycles. The molecule has 2 aromatic carbocycles. The highest BCUT2D eigenvalue weighted by atomic mass is 32.2. The maximum absolute atomic E-state index is 12.6. The van der Waals surface area contributed by atoms with Gasteiger partial charge in [-0.05, 0) is 36.8 Å². The molecule has 2 N–H and O–H groups in total. The zero-order valence-corrected chi connectivity index (χ0v) is 15.3. The zero-order chi connectivity index (χ0) is 18.8. The van der Waals surface area contributed by atoms with Crippen LogP contribution in [0.3, 0.4) is 0 Å². The van der Waals surface area contributed by atoms with Gasteiger partial charge in [-0.25, -0.2) is 9.97 Å². The summed E-state index contributed by atoms with van der Waals surface area (Å²) in [5.41, 5.74) is 3.46. The van der Waals surface area contributed by atoms with Crippen LogP contribution in [0, 0.1) is 6.92 Å². The Morgan fingerprint density at radius 3 is 2.74 bits per heavy atom. The number of hydrogen-bond donors (Lipinski definition) is 2. The molecule has 1 aromatic heterocycles. The third kappa shape index (κ3) is 3.54. The summed E-state index contributed by atoms with van der Waals surface area (Å²) >= 11 is 1.52. The number of nitrogens with one attached hydrogen (secondary N) is 2. The summed E-state index contributed by atoms with van der Waals surface area (Å²) < 4.78 is 0. The fourth-order valence-electron chi connectivity index (χ4n) is 2.86. The average molecular weight is 376 g/mol. The fraction of sp³-hybridized carbons (Fsp3) is 0.100. The van der Waals surface area contributed by atoms with Gasteiger partial charge >= 0.3 is 0 Å². The van der Waals surface area contributed by atoms with Gasteiger partial charge in [0.15, 0.2) is 0 Å². The van der Waals surface area contributed by atoms with E-state index in [0.717, 1.165) is 20.9 Å². The van der Waals surface area contributed by atoms with Crippen LogP contribution in [0.1, 0.15) is 31.8 Å². The zero-order valence-electron chi connectivity index (χ0n) is 14.5. The summed E-state index contributed by atoms with van der Waals surface area (Å²) in [6.07, 6.45) is 4.76. The molecule has 2 amide bonds. The van der Waals surface area contributed by atoms with Crippen molar-refractivity contribution in [3.8, 4) is 0 Å². The molecule has 0 fully saturated rings. The van der Waals surface area contributed by atoms with Gasteiger partial charge in [-0.15, -0.1) is 0 Å². The van der Waals surface area contributed by atoms with E-state index in [-0.39, 0.29) is 11.8 Å². The molecule has 27 heavy (non-hydrogen) atoms. The lowest BCUT2D eigenvalue weighted by Gasteiger charge is -2.12. The van der Waals surface area contributed by atoms with Crippen molar-refractivity contribution >= 4 is 29.3 Å². The number of fused-ring (bicyclic) bond motifs is 2. The summed E-state index contributed by atoms with van der Waals surface area (Å²) in [4.78, 5) is 34.8. The first-order valence-electron chi connectivity index (χ1n) is 8.37. The molecule has 0 aliphatic carbocycles. The second-order valence-electron chi connectivity index (χ2n) is 6.15. The molecular formula is C20H16N4O2S. The largest absolute Gasteiger partial charge is 0.348 e. The monoisotopic (exact) mass is 376 g/mol. The maximum atomic E-state index is 12.6. The second kappa shape index (κ2) is 7.20. The van der Waals surface area contributed by atoms with Gasteiger partial charge in [0, 0.05) is 39.9 Å². The minimum absolute atomic E-state index is 0.173. The SMILES string of the molecule is Cc1cc2c(cc1C(=O)NCc1cncnc1)NC(=O)c1ccccc1S2. The molecule has 0 saturated heterocycles. The number of benzene rings is 2. The smallest absolute Gasteiger partial charge is 0.256 e. The van der Waals surface area contributed by atoms with Crippen LogP contribution in [0.2, 0.25) is 0 Å². The number of rotatable bonds is 3. The number of anilines is 1. The van der Waals surface area contributed by atoms with Crippen LogP contribution in [0.5, 0.6) is 0 Å². The molecular weight excluding hydrogens is 360 g/mol. The number of carbonyl (C=O) groups is 2. The van der Waals surface area contributed by atoms with Crippen LogP contribution in [0.15, 0.2) is 64.9 Å². The van der Waals surface area contributed by atoms with Crippen molar-refractivity contribution in [2.75, 3.05) is 5.32 Å². The molecule has 0 atom stereocenters. The Hall–Kier alpha value is -3.19. The van der Waals surface area contributed by atoms with Gasteiger partial charge in [0.05, 0.1) is 11.3 Å². The van der Waals surface area contributed by atoms with Gasteiger partial charge in [0.2, 0.25) is 0 Å². The summed E-state index contributed by atoms with van der Waals surface area (Å²) in [6, 6.07) is 11.1. The molecule has 7 heteroatoms. The van der Waals surface area contributed by atoms with Crippen LogP contribution in [-0.4, -0.2) is 21.8 Å². The van der Waals surface area contributed by atoms with Gasteiger partial charge in [0.25, 0.3) is 11.8 Å². The van der Waals surface area contributed by atoms with Crippen molar-refractivity contribution in [2.45, 2.75) is 23.3 Å². The average Bonchev–Trinajstić information content (AvgIpc) is 2.82. The van der Waals surface area contributed by atoms with Crippen molar-refractivity contribution in [1.29, 1.82) is 0 Å². The quantitative estimate of drug-likeness (QED) is 0.732. The Labute approximate surface area is 160 Å². The normalized spacial score (nSPS) is 12.4. The lowest BCUT2D eigenvalue weighted by atomic mass is 10.1. The van der Waals surface area contributed by atoms with E-state index in [1.165, 1.54) is 18.1 Å². The highest BCUT2D eigenvalue weighted by Crippen LogP contribution is 2.39. The van der Waals surface area contributed by atoms with Crippen LogP contribution >= 0.6 is 11.8 Å². The van der Waals surface area contributed by atoms with Crippen molar-refractivity contribution in [1.82, 2.24) is 15.3 Å². The van der Waals surface area contributed by atoms with Crippen molar-refractivity contribution in [3.05, 3.63) is 77.4 Å². The fourth-order valence-corrected chi connectivity index (χ4v) is 3.97. The summed E-state index contributed by atoms with van der Waals surface area (Å²) in [6.45, 7) is 2.22. The molecule has 0 bridgehead atoms. The molecule has 0 saturated carbocycles. The van der Waals surface area contributed by atoms with Gasteiger partial charge in [-0.1, -0.05) is 23.9 Å². The summed E-state index contributed by atoms with van der Waals surface area (Å²) in [7, 11) is 0. The highest BCUT2D eigenvalue weighted by molar-refractivity contribution is 7.99. The van der Waals surface area contributed by atoms with Gasteiger partial charge in [-0.3, -0.25) is 9.59 Å². The molecule has 6 nitrogen and oxygen atoms in total. The minimum Gasteiger partial charge on any atom is -0.348 e. The molecule has 134 valence electrons. The van der Waals surface area contributed by atoms with E-state index in [4.69, 9.17) is 0 Å². The van der Waals surface area contributed by atoms with E-state index in [1.807, 2.05) is 31.2 Å². The van der Waals surface area contributed by atoms with Gasteiger partial charge < -0.3 is 10.6 Å². The lowest BCUT2D eigenvalue weighted by Crippen LogP contribution is -2.24. The topological polar surface area (TPSA) is 84.0 Å². The van der Waals surface area contributed by atoms with E-state index in [0.29, 0.717) is 23.4 Å². The molecule has 0 spiro atoms. The Morgan fingerprint density at radius 2 is 1.93 bits per heavy atom. The molecule has 1 aliphatic rings. The molecule has 2 heterocycles. The summed E-state index contributed by atoms with van der Waals surface area (Å²) in [5, 5.41) is 5.78. The second-order valence-corrected chi connectivity index (χ2v) is 7.23. The maximum Gasteiger partial charge on any atom is 0.256 e. The van der Waals surface area contributed by atoms with Crippen molar-refractivity contribution < 1.29 is 9.59 Å². The third-order valence-electron chi connectivity index (χ3n) is 4.24. The Morgan fingerprint density at radius 1 is 1.15 bits per heavy atom. The van der Waals surface area contributed by atoms with E-state index < -0.39 is 0 Å². The van der Waals surface area contributed by atoms with Crippen LogP contribution < -0.4 is 10.6 Å². The van der Waals surface area contributed by atoms with E-state index >= 15 is 0 Å². The lowest BCUT2D eigenvalue weighted by molar-refractivity contribution is 0.0948. The Balaban J connectivity index is 1.61. The van der Waals surface area contributed by atoms with E-state index in [9.17, 15) is 9.59 Å². The number of amides is 2. The third-order valence-corrected chi connectivity index (χ3v) is 5.37. The highest BCUT2D eigenvalue weighted by Gasteiger charge is 2.22. The Kier molecular flexibility index (Phi) is 4.60. The predicted molar refractivity (Wildman–Crippen MR) is 103 cm³/mol. The first-order chi connectivity index (χ1) is 13.1. The minimum atomic E-state index is -0.208.